The third-order valence-corrected chi connectivity index (χ3v) is 3.02. The SMILES string of the molecule is CNc1ccc(CNCC(C)(O)CN(C)C)cc1[N+](=O)[O-]. The van der Waals surface area contributed by atoms with Gasteiger partial charge in [-0.25, -0.2) is 0 Å². The van der Waals surface area contributed by atoms with Crippen LogP contribution >= 0.6 is 0 Å². The van der Waals surface area contributed by atoms with Gasteiger partial charge in [0.2, 0.25) is 0 Å². The molecule has 0 saturated heterocycles. The van der Waals surface area contributed by atoms with Gasteiger partial charge in [0.15, 0.2) is 0 Å². The molecule has 1 aromatic rings. The molecule has 3 N–H and O–H groups in total. The molecule has 1 unspecified atom stereocenters. The lowest BCUT2D eigenvalue weighted by Gasteiger charge is -2.27. The molecule has 7 nitrogen and oxygen atoms in total. The summed E-state index contributed by atoms with van der Waals surface area (Å²) in [5.74, 6) is 0. The van der Waals surface area contributed by atoms with Gasteiger partial charge in [0.05, 0.1) is 10.5 Å². The Morgan fingerprint density at radius 1 is 1.43 bits per heavy atom. The van der Waals surface area contributed by atoms with Crippen molar-refractivity contribution in [1.29, 1.82) is 0 Å². The third kappa shape index (κ3) is 5.66. The summed E-state index contributed by atoms with van der Waals surface area (Å²) in [5, 5.41) is 27.1. The van der Waals surface area contributed by atoms with Crippen molar-refractivity contribution in [3.8, 4) is 0 Å². The summed E-state index contributed by atoms with van der Waals surface area (Å²) in [7, 11) is 5.45. The van der Waals surface area contributed by atoms with Gasteiger partial charge in [0.25, 0.3) is 5.69 Å². The highest BCUT2D eigenvalue weighted by Crippen LogP contribution is 2.24. The predicted molar refractivity (Wildman–Crippen MR) is 83.5 cm³/mol. The van der Waals surface area contributed by atoms with Gasteiger partial charge in [0.1, 0.15) is 5.69 Å². The minimum atomic E-state index is -0.847. The molecule has 1 atom stereocenters. The number of benzene rings is 1. The molecule has 0 aromatic heterocycles. The molecule has 0 saturated carbocycles. The second-order valence-electron chi connectivity index (χ2n) is 5.70. The average Bonchev–Trinajstić information content (AvgIpc) is 2.36. The maximum absolute atomic E-state index is 11.0. The van der Waals surface area contributed by atoms with Crippen LogP contribution in [0.3, 0.4) is 0 Å². The van der Waals surface area contributed by atoms with Gasteiger partial charge in [-0.1, -0.05) is 6.07 Å². The van der Waals surface area contributed by atoms with Crippen molar-refractivity contribution in [2.75, 3.05) is 39.5 Å². The molecule has 0 bridgehead atoms. The lowest BCUT2D eigenvalue weighted by Crippen LogP contribution is -2.45. The average molecular weight is 296 g/mol. The largest absolute Gasteiger partial charge is 0.388 e. The fraction of sp³-hybridized carbons (Fsp3) is 0.571. The Hall–Kier alpha value is -1.70. The van der Waals surface area contributed by atoms with Gasteiger partial charge >= 0.3 is 0 Å². The molecule has 21 heavy (non-hydrogen) atoms. The molecular formula is C14H24N4O3. The quantitative estimate of drug-likeness (QED) is 0.490. The van der Waals surface area contributed by atoms with Crippen molar-refractivity contribution < 1.29 is 10.0 Å². The normalized spacial score (nSPS) is 14.0. The van der Waals surface area contributed by atoms with E-state index in [4.69, 9.17) is 0 Å². The number of nitro groups is 1. The van der Waals surface area contributed by atoms with E-state index in [1.54, 1.807) is 26.1 Å². The second-order valence-corrected chi connectivity index (χ2v) is 5.70. The molecule has 0 amide bonds. The number of hydrogen-bond acceptors (Lipinski definition) is 6. The van der Waals surface area contributed by atoms with E-state index in [-0.39, 0.29) is 5.69 Å². The van der Waals surface area contributed by atoms with Crippen LogP contribution in [0, 0.1) is 10.1 Å². The fourth-order valence-electron chi connectivity index (χ4n) is 2.26. The highest BCUT2D eigenvalue weighted by atomic mass is 16.6. The fourth-order valence-corrected chi connectivity index (χ4v) is 2.26. The van der Waals surface area contributed by atoms with Crippen molar-refractivity contribution in [3.63, 3.8) is 0 Å². The van der Waals surface area contributed by atoms with E-state index in [9.17, 15) is 15.2 Å². The van der Waals surface area contributed by atoms with Crippen LogP contribution in [0.1, 0.15) is 12.5 Å². The van der Waals surface area contributed by atoms with Crippen molar-refractivity contribution in [2.24, 2.45) is 0 Å². The van der Waals surface area contributed by atoms with Crippen LogP contribution in [0.25, 0.3) is 0 Å². The molecule has 0 aliphatic carbocycles. The van der Waals surface area contributed by atoms with E-state index in [2.05, 4.69) is 10.6 Å². The topological polar surface area (TPSA) is 90.7 Å². The van der Waals surface area contributed by atoms with Crippen molar-refractivity contribution >= 4 is 11.4 Å². The molecule has 118 valence electrons. The van der Waals surface area contributed by atoms with Gasteiger partial charge in [-0.3, -0.25) is 10.1 Å². The summed E-state index contributed by atoms with van der Waals surface area (Å²) in [4.78, 5) is 12.5. The Bertz CT molecular complexity index is 489. The standard InChI is InChI=1S/C14H24N4O3/c1-14(19,10-17(3)4)9-16-8-11-5-6-12(15-2)13(7-11)18(20)21/h5-7,15-16,19H,8-10H2,1-4H3. The van der Waals surface area contributed by atoms with E-state index in [0.29, 0.717) is 25.3 Å². The molecule has 0 heterocycles. The van der Waals surface area contributed by atoms with Gasteiger partial charge in [0, 0.05) is 32.7 Å². The zero-order chi connectivity index (χ0) is 16.0. The number of nitrogens with zero attached hydrogens (tertiary/aromatic N) is 2. The van der Waals surface area contributed by atoms with E-state index in [1.165, 1.54) is 0 Å². The van der Waals surface area contributed by atoms with Crippen LogP contribution in [0.15, 0.2) is 18.2 Å². The Labute approximate surface area is 125 Å². The Balaban J connectivity index is 2.64. The number of likely N-dealkylation sites (N-methyl/N-ethyl adjacent to an activating group) is 1. The number of hydrogen-bond donors (Lipinski definition) is 3. The van der Waals surface area contributed by atoms with Crippen LogP contribution in [0.4, 0.5) is 11.4 Å². The lowest BCUT2D eigenvalue weighted by molar-refractivity contribution is -0.384. The Morgan fingerprint density at radius 2 is 2.10 bits per heavy atom. The molecule has 0 fully saturated rings. The van der Waals surface area contributed by atoms with Crippen molar-refractivity contribution in [1.82, 2.24) is 10.2 Å². The molecule has 1 aromatic carbocycles. The van der Waals surface area contributed by atoms with Gasteiger partial charge in [-0.15, -0.1) is 0 Å². The van der Waals surface area contributed by atoms with Crippen molar-refractivity contribution in [3.05, 3.63) is 33.9 Å². The van der Waals surface area contributed by atoms with Crippen LogP contribution in [-0.2, 0) is 6.54 Å². The Kier molecular flexibility index (Phi) is 6.07. The minimum Gasteiger partial charge on any atom is -0.388 e. The number of rotatable bonds is 8. The van der Waals surface area contributed by atoms with E-state index in [0.717, 1.165) is 5.56 Å². The minimum absolute atomic E-state index is 0.0526. The zero-order valence-electron chi connectivity index (χ0n) is 13.0. The molecular weight excluding hydrogens is 272 g/mol. The smallest absolute Gasteiger partial charge is 0.292 e. The number of anilines is 1. The van der Waals surface area contributed by atoms with Gasteiger partial charge in [-0.05, 0) is 32.6 Å². The first-order chi connectivity index (χ1) is 9.75. The lowest BCUT2D eigenvalue weighted by atomic mass is 10.1. The number of nitro benzene ring substituents is 1. The van der Waals surface area contributed by atoms with Gasteiger partial charge in [-0.2, -0.15) is 0 Å². The summed E-state index contributed by atoms with van der Waals surface area (Å²) in [6, 6.07) is 5.05. The van der Waals surface area contributed by atoms with E-state index in [1.807, 2.05) is 25.1 Å². The monoisotopic (exact) mass is 296 g/mol. The maximum atomic E-state index is 11.0. The summed E-state index contributed by atoms with van der Waals surface area (Å²) in [6.07, 6.45) is 0. The maximum Gasteiger partial charge on any atom is 0.292 e. The third-order valence-electron chi connectivity index (χ3n) is 3.02. The summed E-state index contributed by atoms with van der Waals surface area (Å²) in [5.41, 5.74) is 0.502. The first kappa shape index (κ1) is 17.4. The van der Waals surface area contributed by atoms with Crippen LogP contribution < -0.4 is 10.6 Å². The molecule has 0 aliphatic rings. The summed E-state index contributed by atoms with van der Waals surface area (Å²) in [6.45, 7) is 3.17. The molecule has 0 spiro atoms. The van der Waals surface area contributed by atoms with Crippen LogP contribution in [0.5, 0.6) is 0 Å². The molecule has 0 aliphatic heterocycles. The van der Waals surface area contributed by atoms with Gasteiger partial charge < -0.3 is 20.6 Å². The van der Waals surface area contributed by atoms with Crippen LogP contribution in [0.2, 0.25) is 0 Å². The molecule has 1 rings (SSSR count). The highest BCUT2D eigenvalue weighted by Gasteiger charge is 2.21. The first-order valence-corrected chi connectivity index (χ1v) is 6.78. The highest BCUT2D eigenvalue weighted by molar-refractivity contribution is 5.62. The molecule has 7 heteroatoms. The predicted octanol–water partition coefficient (Wildman–Crippen LogP) is 1.04. The molecule has 0 radical (unpaired) electrons. The summed E-state index contributed by atoms with van der Waals surface area (Å²) >= 11 is 0. The Morgan fingerprint density at radius 3 is 2.62 bits per heavy atom. The zero-order valence-corrected chi connectivity index (χ0v) is 13.0. The number of nitrogens with one attached hydrogen (secondary N) is 2. The van der Waals surface area contributed by atoms with E-state index >= 15 is 0 Å². The second kappa shape index (κ2) is 7.35. The first-order valence-electron chi connectivity index (χ1n) is 6.78. The number of aliphatic hydroxyl groups is 1. The summed E-state index contributed by atoms with van der Waals surface area (Å²) < 4.78 is 0. The van der Waals surface area contributed by atoms with Crippen molar-refractivity contribution in [2.45, 2.75) is 19.1 Å². The van der Waals surface area contributed by atoms with Crippen LogP contribution in [-0.4, -0.2) is 54.8 Å². The van der Waals surface area contributed by atoms with E-state index < -0.39 is 10.5 Å².